The van der Waals surface area contributed by atoms with Crippen LogP contribution in [0.1, 0.15) is 28.7 Å². The predicted octanol–water partition coefficient (Wildman–Crippen LogP) is 3.45. The number of imidazole rings is 1. The first-order chi connectivity index (χ1) is 13.7. The van der Waals surface area contributed by atoms with Crippen molar-refractivity contribution in [1.82, 2.24) is 14.5 Å². The minimum Gasteiger partial charge on any atom is -0.379 e. The Labute approximate surface area is 165 Å². The van der Waals surface area contributed by atoms with Gasteiger partial charge in [0.05, 0.1) is 30.8 Å². The Kier molecular flexibility index (Phi) is 5.41. The van der Waals surface area contributed by atoms with Gasteiger partial charge in [0, 0.05) is 30.9 Å². The number of fused-ring (bicyclic) bond motifs is 1. The van der Waals surface area contributed by atoms with Gasteiger partial charge in [0.15, 0.2) is 0 Å². The van der Waals surface area contributed by atoms with E-state index in [0.29, 0.717) is 5.56 Å². The number of nitrogens with zero attached hydrogens (tertiary/aromatic N) is 3. The van der Waals surface area contributed by atoms with Gasteiger partial charge in [-0.05, 0) is 43.7 Å². The van der Waals surface area contributed by atoms with Gasteiger partial charge in [0.2, 0.25) is 0 Å². The van der Waals surface area contributed by atoms with Crippen molar-refractivity contribution in [2.45, 2.75) is 26.9 Å². The molecule has 1 N–H and O–H groups in total. The zero-order valence-electron chi connectivity index (χ0n) is 16.4. The lowest BCUT2D eigenvalue weighted by Crippen LogP contribution is -2.36. The molecule has 6 nitrogen and oxygen atoms in total. The minimum atomic E-state index is -0.0964. The average molecular weight is 378 g/mol. The Balaban J connectivity index is 1.58. The Morgan fingerprint density at radius 3 is 2.71 bits per heavy atom. The Hall–Kier alpha value is -2.70. The quantitative estimate of drug-likeness (QED) is 0.739. The van der Waals surface area contributed by atoms with Gasteiger partial charge >= 0.3 is 0 Å². The topological polar surface area (TPSA) is 59.4 Å². The number of aromatic nitrogens is 2. The van der Waals surface area contributed by atoms with Gasteiger partial charge in [0.25, 0.3) is 5.91 Å². The first-order valence-electron chi connectivity index (χ1n) is 9.82. The summed E-state index contributed by atoms with van der Waals surface area (Å²) in [4.78, 5) is 19.8. The van der Waals surface area contributed by atoms with Gasteiger partial charge in [-0.15, -0.1) is 0 Å². The summed E-state index contributed by atoms with van der Waals surface area (Å²) in [6.45, 7) is 9.19. The number of hydrogen-bond acceptors (Lipinski definition) is 4. The molecule has 2 heterocycles. The Bertz CT molecular complexity index is 989. The van der Waals surface area contributed by atoms with Crippen molar-refractivity contribution in [1.29, 1.82) is 0 Å². The van der Waals surface area contributed by atoms with Crippen LogP contribution in [0.15, 0.2) is 42.5 Å². The lowest BCUT2D eigenvalue weighted by atomic mass is 10.1. The average Bonchev–Trinajstić information content (AvgIpc) is 3.05. The van der Waals surface area contributed by atoms with Crippen molar-refractivity contribution in [3.8, 4) is 0 Å². The molecule has 1 amide bonds. The summed E-state index contributed by atoms with van der Waals surface area (Å²) in [5.41, 5.74) is 4.42. The molecule has 146 valence electrons. The highest BCUT2D eigenvalue weighted by Gasteiger charge is 2.17. The standard InChI is InChI=1S/C22H26N4O2/c1-3-26-20-9-8-17(23-22(27)18-7-5-4-6-16(18)2)14-19(20)24-21(26)15-25-10-12-28-13-11-25/h4-9,14H,3,10-13,15H2,1-2H3,(H,23,27). The van der Waals surface area contributed by atoms with Crippen LogP contribution in [0.5, 0.6) is 0 Å². The van der Waals surface area contributed by atoms with Crippen LogP contribution in [0.4, 0.5) is 5.69 Å². The number of amides is 1. The molecule has 0 saturated carbocycles. The van der Waals surface area contributed by atoms with E-state index in [-0.39, 0.29) is 5.91 Å². The zero-order chi connectivity index (χ0) is 19.5. The van der Waals surface area contributed by atoms with E-state index in [1.54, 1.807) is 0 Å². The second-order valence-corrected chi connectivity index (χ2v) is 7.13. The molecular formula is C22H26N4O2. The van der Waals surface area contributed by atoms with Gasteiger partial charge < -0.3 is 14.6 Å². The van der Waals surface area contributed by atoms with Crippen LogP contribution in [0, 0.1) is 6.92 Å². The number of aryl methyl sites for hydroxylation is 2. The summed E-state index contributed by atoms with van der Waals surface area (Å²) < 4.78 is 7.69. The van der Waals surface area contributed by atoms with E-state index >= 15 is 0 Å². The first kappa shape index (κ1) is 18.7. The molecule has 0 spiro atoms. The molecule has 1 aliphatic rings. The Morgan fingerprint density at radius 2 is 1.96 bits per heavy atom. The van der Waals surface area contributed by atoms with Gasteiger partial charge in [-0.25, -0.2) is 4.98 Å². The third-order valence-corrected chi connectivity index (χ3v) is 5.26. The Morgan fingerprint density at radius 1 is 1.18 bits per heavy atom. The number of anilines is 1. The molecule has 0 aliphatic carbocycles. The van der Waals surface area contributed by atoms with E-state index < -0.39 is 0 Å². The summed E-state index contributed by atoms with van der Waals surface area (Å²) in [6, 6.07) is 13.6. The third kappa shape index (κ3) is 3.79. The minimum absolute atomic E-state index is 0.0964. The number of morpholine rings is 1. The highest BCUT2D eigenvalue weighted by Crippen LogP contribution is 2.22. The maximum Gasteiger partial charge on any atom is 0.255 e. The van der Waals surface area contributed by atoms with E-state index in [2.05, 4.69) is 21.7 Å². The molecule has 1 aliphatic heterocycles. The molecule has 1 fully saturated rings. The summed E-state index contributed by atoms with van der Waals surface area (Å²) in [5.74, 6) is 0.961. The van der Waals surface area contributed by atoms with Crippen molar-refractivity contribution < 1.29 is 9.53 Å². The monoisotopic (exact) mass is 378 g/mol. The molecule has 1 saturated heterocycles. The van der Waals surface area contributed by atoms with Crippen LogP contribution >= 0.6 is 0 Å². The van der Waals surface area contributed by atoms with Gasteiger partial charge in [0.1, 0.15) is 5.82 Å². The third-order valence-electron chi connectivity index (χ3n) is 5.26. The van der Waals surface area contributed by atoms with E-state index in [9.17, 15) is 4.79 Å². The van der Waals surface area contributed by atoms with E-state index in [4.69, 9.17) is 9.72 Å². The summed E-state index contributed by atoms with van der Waals surface area (Å²) in [5, 5.41) is 3.00. The molecular weight excluding hydrogens is 352 g/mol. The lowest BCUT2D eigenvalue weighted by Gasteiger charge is -2.26. The lowest BCUT2D eigenvalue weighted by molar-refractivity contribution is 0.0327. The number of ether oxygens (including phenoxy) is 1. The van der Waals surface area contributed by atoms with Crippen LogP contribution in [0.25, 0.3) is 11.0 Å². The normalized spacial score (nSPS) is 15.1. The van der Waals surface area contributed by atoms with Crippen molar-refractivity contribution in [3.63, 3.8) is 0 Å². The number of carbonyl (C=O) groups excluding carboxylic acids is 1. The number of rotatable bonds is 5. The second-order valence-electron chi connectivity index (χ2n) is 7.13. The summed E-state index contributed by atoms with van der Waals surface area (Å²) in [6.07, 6.45) is 0. The highest BCUT2D eigenvalue weighted by atomic mass is 16.5. The van der Waals surface area contributed by atoms with Crippen molar-refractivity contribution >= 4 is 22.6 Å². The number of benzene rings is 2. The summed E-state index contributed by atoms with van der Waals surface area (Å²) in [7, 11) is 0. The smallest absolute Gasteiger partial charge is 0.255 e. The van der Waals surface area contributed by atoms with Crippen molar-refractivity contribution in [2.24, 2.45) is 0 Å². The fraction of sp³-hybridized carbons (Fsp3) is 0.364. The molecule has 0 radical (unpaired) electrons. The maximum absolute atomic E-state index is 12.6. The highest BCUT2D eigenvalue weighted by molar-refractivity contribution is 6.05. The predicted molar refractivity (Wildman–Crippen MR) is 111 cm³/mol. The second kappa shape index (κ2) is 8.12. The fourth-order valence-electron chi connectivity index (χ4n) is 3.72. The molecule has 4 rings (SSSR count). The molecule has 0 unspecified atom stereocenters. The van der Waals surface area contributed by atoms with E-state index in [1.165, 1.54) is 0 Å². The molecule has 28 heavy (non-hydrogen) atoms. The molecule has 0 atom stereocenters. The van der Waals surface area contributed by atoms with Gasteiger partial charge in [-0.2, -0.15) is 0 Å². The molecule has 6 heteroatoms. The molecule has 3 aromatic rings. The van der Waals surface area contributed by atoms with E-state index in [0.717, 1.165) is 67.5 Å². The van der Waals surface area contributed by atoms with Crippen molar-refractivity contribution in [3.05, 3.63) is 59.4 Å². The fourth-order valence-corrected chi connectivity index (χ4v) is 3.72. The SMILES string of the molecule is CCn1c(CN2CCOCC2)nc2cc(NC(=O)c3ccccc3C)ccc21. The zero-order valence-corrected chi connectivity index (χ0v) is 16.4. The van der Waals surface area contributed by atoms with E-state index in [1.807, 2.05) is 49.4 Å². The largest absolute Gasteiger partial charge is 0.379 e. The van der Waals surface area contributed by atoms with Crippen molar-refractivity contribution in [2.75, 3.05) is 31.6 Å². The maximum atomic E-state index is 12.6. The number of carbonyl (C=O) groups is 1. The van der Waals surface area contributed by atoms with Crippen LogP contribution in [0.3, 0.4) is 0 Å². The first-order valence-corrected chi connectivity index (χ1v) is 9.82. The summed E-state index contributed by atoms with van der Waals surface area (Å²) >= 11 is 0. The van der Waals surface area contributed by atoms with Crippen LogP contribution in [-0.4, -0.2) is 46.7 Å². The number of nitrogens with one attached hydrogen (secondary N) is 1. The van der Waals surface area contributed by atoms with Crippen LogP contribution < -0.4 is 5.32 Å². The molecule has 1 aromatic heterocycles. The van der Waals surface area contributed by atoms with Gasteiger partial charge in [-0.1, -0.05) is 18.2 Å². The van der Waals surface area contributed by atoms with Gasteiger partial charge in [-0.3, -0.25) is 9.69 Å². The molecule has 2 aromatic carbocycles. The number of hydrogen-bond donors (Lipinski definition) is 1. The van der Waals surface area contributed by atoms with Crippen LogP contribution in [-0.2, 0) is 17.8 Å². The molecule has 0 bridgehead atoms. The van der Waals surface area contributed by atoms with Crippen LogP contribution in [0.2, 0.25) is 0 Å².